The Kier molecular flexibility index (Phi) is 5.44. The van der Waals surface area contributed by atoms with Crippen LogP contribution in [-0.4, -0.2) is 23.3 Å². The van der Waals surface area contributed by atoms with Crippen molar-refractivity contribution in [2.45, 2.75) is 45.3 Å². The lowest BCUT2D eigenvalue weighted by molar-refractivity contribution is 0.0511. The van der Waals surface area contributed by atoms with Crippen LogP contribution < -0.4 is 5.32 Å². The van der Waals surface area contributed by atoms with Gasteiger partial charge in [0.15, 0.2) is 0 Å². The second-order valence-electron chi connectivity index (χ2n) is 5.12. The predicted molar refractivity (Wildman–Crippen MR) is 73.5 cm³/mol. The summed E-state index contributed by atoms with van der Waals surface area (Å²) in [6.45, 7) is 6.87. The van der Waals surface area contributed by atoms with Crippen molar-refractivity contribution >= 4 is 11.6 Å². The highest BCUT2D eigenvalue weighted by Crippen LogP contribution is 2.22. The van der Waals surface area contributed by atoms with Crippen LogP contribution in [0.1, 0.15) is 32.8 Å². The summed E-state index contributed by atoms with van der Waals surface area (Å²) >= 11 is 6.09. The van der Waals surface area contributed by atoms with Crippen LogP contribution >= 0.6 is 11.6 Å². The maximum absolute atomic E-state index is 10.3. The normalized spacial score (nSPS) is 14.9. The molecule has 3 heteroatoms. The fraction of sp³-hybridized carbons (Fsp3) is 0.571. The molecule has 17 heavy (non-hydrogen) atoms. The van der Waals surface area contributed by atoms with Crippen molar-refractivity contribution in [2.24, 2.45) is 0 Å². The van der Waals surface area contributed by atoms with Gasteiger partial charge in [-0.25, -0.2) is 0 Å². The van der Waals surface area contributed by atoms with Gasteiger partial charge in [-0.3, -0.25) is 0 Å². The van der Waals surface area contributed by atoms with Crippen molar-refractivity contribution in [3.8, 4) is 0 Å². The fourth-order valence-electron chi connectivity index (χ4n) is 1.77. The van der Waals surface area contributed by atoms with Gasteiger partial charge >= 0.3 is 0 Å². The molecule has 1 aromatic carbocycles. The molecule has 0 amide bonds. The van der Waals surface area contributed by atoms with Crippen LogP contribution in [-0.2, 0) is 6.42 Å². The number of aliphatic hydroxyl groups is 1. The van der Waals surface area contributed by atoms with E-state index in [0.717, 1.165) is 23.6 Å². The molecule has 0 spiro atoms. The van der Waals surface area contributed by atoms with Gasteiger partial charge in [-0.05, 0) is 31.5 Å². The third kappa shape index (κ3) is 5.53. The van der Waals surface area contributed by atoms with Crippen molar-refractivity contribution in [2.75, 3.05) is 6.54 Å². The van der Waals surface area contributed by atoms with Gasteiger partial charge in [-0.15, -0.1) is 0 Å². The molecule has 0 aromatic heterocycles. The Hall–Kier alpha value is -0.570. The summed E-state index contributed by atoms with van der Waals surface area (Å²) in [6.07, 6.45) is 1.31. The molecule has 0 heterocycles. The lowest BCUT2D eigenvalue weighted by atomic mass is 9.93. The second kappa shape index (κ2) is 6.39. The molecule has 96 valence electrons. The highest BCUT2D eigenvalue weighted by atomic mass is 35.5. The van der Waals surface area contributed by atoms with Crippen molar-refractivity contribution in [3.63, 3.8) is 0 Å². The minimum absolute atomic E-state index is 0.450. The van der Waals surface area contributed by atoms with Crippen molar-refractivity contribution in [1.82, 2.24) is 5.32 Å². The summed E-state index contributed by atoms with van der Waals surface area (Å²) in [7, 11) is 0. The third-order valence-corrected chi connectivity index (χ3v) is 3.11. The zero-order chi connectivity index (χ0) is 12.9. The first-order chi connectivity index (χ1) is 7.91. The summed E-state index contributed by atoms with van der Waals surface area (Å²) in [5.41, 5.74) is 0.288. The number of rotatable bonds is 6. The lowest BCUT2D eigenvalue weighted by Crippen LogP contribution is -2.34. The largest absolute Gasteiger partial charge is 0.390 e. The van der Waals surface area contributed by atoms with Crippen LogP contribution in [0.15, 0.2) is 24.3 Å². The molecule has 2 N–H and O–H groups in total. The maximum atomic E-state index is 10.3. The van der Waals surface area contributed by atoms with Gasteiger partial charge in [-0.2, -0.15) is 0 Å². The summed E-state index contributed by atoms with van der Waals surface area (Å²) in [5, 5.41) is 14.3. The zero-order valence-electron chi connectivity index (χ0n) is 10.8. The molecule has 2 nitrogen and oxygen atoms in total. The second-order valence-corrected chi connectivity index (χ2v) is 5.53. The predicted octanol–water partition coefficient (Wildman–Crippen LogP) is 3.02. The van der Waals surface area contributed by atoms with Gasteiger partial charge < -0.3 is 10.4 Å². The van der Waals surface area contributed by atoms with E-state index in [1.807, 2.05) is 31.2 Å². The van der Waals surface area contributed by atoms with Crippen LogP contribution in [0.3, 0.4) is 0 Å². The van der Waals surface area contributed by atoms with Crippen LogP contribution in [0.25, 0.3) is 0 Å². The van der Waals surface area contributed by atoms with Crippen molar-refractivity contribution in [3.05, 3.63) is 34.9 Å². The molecule has 1 atom stereocenters. The smallest absolute Gasteiger partial charge is 0.0672 e. The van der Waals surface area contributed by atoms with Gasteiger partial charge in [0.05, 0.1) is 5.60 Å². The zero-order valence-corrected chi connectivity index (χ0v) is 11.6. The van der Waals surface area contributed by atoms with E-state index >= 15 is 0 Å². The van der Waals surface area contributed by atoms with Crippen molar-refractivity contribution in [1.29, 1.82) is 0 Å². The van der Waals surface area contributed by atoms with Crippen LogP contribution in [0.2, 0.25) is 5.02 Å². The number of nitrogens with one attached hydrogen (secondary N) is 1. The Morgan fingerprint density at radius 1 is 1.35 bits per heavy atom. The number of benzene rings is 1. The average Bonchev–Trinajstić information content (AvgIpc) is 2.20. The Labute approximate surface area is 109 Å². The Bertz CT molecular complexity index is 350. The van der Waals surface area contributed by atoms with Crippen LogP contribution in [0, 0.1) is 0 Å². The van der Waals surface area contributed by atoms with E-state index in [1.165, 1.54) is 0 Å². The molecular formula is C14H22ClNO. The van der Waals surface area contributed by atoms with Gasteiger partial charge in [-0.1, -0.05) is 43.6 Å². The van der Waals surface area contributed by atoms with E-state index in [-0.39, 0.29) is 0 Å². The van der Waals surface area contributed by atoms with Gasteiger partial charge in [0.25, 0.3) is 0 Å². The number of hydrogen-bond donors (Lipinski definition) is 2. The quantitative estimate of drug-likeness (QED) is 0.819. The monoisotopic (exact) mass is 255 g/mol. The third-order valence-electron chi connectivity index (χ3n) is 2.75. The molecule has 1 aromatic rings. The first-order valence-corrected chi connectivity index (χ1v) is 6.48. The Balaban J connectivity index is 2.51. The SMILES string of the molecule is CC(C)NCCC(C)(O)Cc1ccccc1Cl. The minimum Gasteiger partial charge on any atom is -0.390 e. The molecule has 0 bridgehead atoms. The first-order valence-electron chi connectivity index (χ1n) is 6.10. The summed E-state index contributed by atoms with van der Waals surface area (Å²) in [5.74, 6) is 0. The molecule has 0 radical (unpaired) electrons. The summed E-state index contributed by atoms with van der Waals surface area (Å²) in [6, 6.07) is 8.13. The standard InChI is InChI=1S/C14H22ClNO/c1-11(2)16-9-8-14(3,17)10-12-6-4-5-7-13(12)15/h4-7,11,16-17H,8-10H2,1-3H3. The van der Waals surface area contributed by atoms with Crippen LogP contribution in [0.4, 0.5) is 0 Å². The molecule has 1 unspecified atom stereocenters. The Morgan fingerprint density at radius 2 is 2.00 bits per heavy atom. The molecular weight excluding hydrogens is 234 g/mol. The van der Waals surface area contributed by atoms with E-state index in [9.17, 15) is 5.11 Å². The summed E-state index contributed by atoms with van der Waals surface area (Å²) in [4.78, 5) is 0. The van der Waals surface area contributed by atoms with Gasteiger partial charge in [0, 0.05) is 17.5 Å². The molecule has 0 fully saturated rings. The molecule has 0 aliphatic rings. The van der Waals surface area contributed by atoms with Crippen molar-refractivity contribution < 1.29 is 5.11 Å². The fourth-order valence-corrected chi connectivity index (χ4v) is 1.97. The molecule has 1 rings (SSSR count). The molecule has 0 aliphatic heterocycles. The first kappa shape index (κ1) is 14.5. The number of halogens is 1. The summed E-state index contributed by atoms with van der Waals surface area (Å²) < 4.78 is 0. The van der Waals surface area contributed by atoms with Crippen LogP contribution in [0.5, 0.6) is 0 Å². The van der Waals surface area contributed by atoms with E-state index in [0.29, 0.717) is 12.5 Å². The van der Waals surface area contributed by atoms with Gasteiger partial charge in [0.1, 0.15) is 0 Å². The highest BCUT2D eigenvalue weighted by Gasteiger charge is 2.21. The van der Waals surface area contributed by atoms with E-state index in [4.69, 9.17) is 11.6 Å². The lowest BCUT2D eigenvalue weighted by Gasteiger charge is -2.24. The molecule has 0 saturated heterocycles. The average molecular weight is 256 g/mol. The van der Waals surface area contributed by atoms with Gasteiger partial charge in [0.2, 0.25) is 0 Å². The molecule has 0 saturated carbocycles. The van der Waals surface area contributed by atoms with E-state index in [1.54, 1.807) is 0 Å². The number of hydrogen-bond acceptors (Lipinski definition) is 2. The Morgan fingerprint density at radius 3 is 2.59 bits per heavy atom. The van der Waals surface area contributed by atoms with E-state index < -0.39 is 5.60 Å². The topological polar surface area (TPSA) is 32.3 Å². The minimum atomic E-state index is -0.715. The maximum Gasteiger partial charge on any atom is 0.0672 e. The molecule has 0 aliphatic carbocycles. The highest BCUT2D eigenvalue weighted by molar-refractivity contribution is 6.31. The van der Waals surface area contributed by atoms with E-state index in [2.05, 4.69) is 19.2 Å².